The van der Waals surface area contributed by atoms with Gasteiger partial charge in [0.15, 0.2) is 0 Å². The Morgan fingerprint density at radius 2 is 1.65 bits per heavy atom. The zero-order chi connectivity index (χ0) is 34.6. The maximum atomic E-state index is 13.7. The normalized spacial score (nSPS) is 22.3. The lowest BCUT2D eigenvalue weighted by Crippen LogP contribution is -2.46. The van der Waals surface area contributed by atoms with Crippen LogP contribution in [0.1, 0.15) is 66.1 Å². The van der Waals surface area contributed by atoms with Crippen LogP contribution in [0.5, 0.6) is 5.75 Å². The molecule has 0 aliphatic heterocycles. The number of esters is 1. The smallest absolute Gasteiger partial charge is 0.460 e. The second kappa shape index (κ2) is 15.2. The van der Waals surface area contributed by atoms with E-state index >= 15 is 0 Å². The standard InChI is InChI=1S/C34H39F3N2O9S/c1-43-14-15-44-16-17-45-33(40)26-7-3-5-9-29(26)49(41,42)39-30-22-12-13-23(30)19-24(18-22)46-20-27-31(38-48-32(27)21-10-11-21)25-6-2-4-8-28(25)47-34(35,36)37/h2-9,21-24,30,39H,10-20H2,1H3/t22-,23+,24?,30?. The van der Waals surface area contributed by atoms with Gasteiger partial charge in [0.05, 0.1) is 43.0 Å². The van der Waals surface area contributed by atoms with Crippen molar-refractivity contribution >= 4 is 16.0 Å². The number of hydrogen-bond donors (Lipinski definition) is 1. The Morgan fingerprint density at radius 1 is 0.959 bits per heavy atom. The largest absolute Gasteiger partial charge is 0.573 e. The van der Waals surface area contributed by atoms with Gasteiger partial charge in [0.1, 0.15) is 23.8 Å². The molecular formula is C34H39F3N2O9S. The van der Waals surface area contributed by atoms with Crippen molar-refractivity contribution < 1.29 is 54.6 Å². The van der Waals surface area contributed by atoms with Crippen molar-refractivity contribution in [1.82, 2.24) is 9.88 Å². The molecule has 11 nitrogen and oxygen atoms in total. The average Bonchev–Trinajstić information content (AvgIpc) is 3.79. The van der Waals surface area contributed by atoms with E-state index in [-0.39, 0.29) is 77.2 Å². The van der Waals surface area contributed by atoms with Crippen molar-refractivity contribution in [3.63, 3.8) is 0 Å². The lowest BCUT2D eigenvalue weighted by Gasteiger charge is -2.35. The van der Waals surface area contributed by atoms with Crippen molar-refractivity contribution in [3.05, 3.63) is 65.4 Å². The average molecular weight is 709 g/mol. The summed E-state index contributed by atoms with van der Waals surface area (Å²) in [6.07, 6.45) is -0.517. The Hall–Kier alpha value is -3.50. The number of hydrogen-bond acceptors (Lipinski definition) is 10. The summed E-state index contributed by atoms with van der Waals surface area (Å²) in [7, 11) is -2.53. The number of methoxy groups -OCH3 is 1. The highest BCUT2D eigenvalue weighted by Crippen LogP contribution is 2.47. The van der Waals surface area contributed by atoms with Gasteiger partial charge in [-0.1, -0.05) is 29.4 Å². The number of nitrogens with zero attached hydrogens (tertiary/aromatic N) is 1. The zero-order valence-corrected chi connectivity index (χ0v) is 27.8. The molecule has 266 valence electrons. The SMILES string of the molecule is COCCOCCOC(=O)c1ccccc1S(=O)(=O)NC1[C@@H]2CC[C@H]1CC(OCc1c(-c3ccccc3OC(F)(F)F)noc1C1CC1)C2. The quantitative estimate of drug-likeness (QED) is 0.140. The van der Waals surface area contributed by atoms with E-state index in [1.165, 1.54) is 30.3 Å². The summed E-state index contributed by atoms with van der Waals surface area (Å²) < 4.78 is 102. The van der Waals surface area contributed by atoms with E-state index in [0.29, 0.717) is 37.4 Å². The lowest BCUT2D eigenvalue weighted by molar-refractivity contribution is -0.274. The third-order valence-corrected chi connectivity index (χ3v) is 10.8. The maximum Gasteiger partial charge on any atom is 0.573 e. The van der Waals surface area contributed by atoms with E-state index in [4.69, 9.17) is 23.5 Å². The highest BCUT2D eigenvalue weighted by Gasteiger charge is 2.45. The number of fused-ring (bicyclic) bond motifs is 2. The molecule has 3 fully saturated rings. The Kier molecular flexibility index (Phi) is 10.9. The molecule has 2 unspecified atom stereocenters. The highest BCUT2D eigenvalue weighted by atomic mass is 32.2. The van der Waals surface area contributed by atoms with Crippen LogP contribution in [0, 0.1) is 11.8 Å². The minimum Gasteiger partial charge on any atom is -0.460 e. The number of benzene rings is 2. The number of carbonyl (C=O) groups is 1. The Bertz CT molecular complexity index is 1700. The van der Waals surface area contributed by atoms with Crippen LogP contribution in [0.25, 0.3) is 11.3 Å². The summed E-state index contributed by atoms with van der Waals surface area (Å²) >= 11 is 0. The number of aromatic nitrogens is 1. The van der Waals surface area contributed by atoms with E-state index in [2.05, 4.69) is 14.6 Å². The van der Waals surface area contributed by atoms with Gasteiger partial charge in [-0.2, -0.15) is 0 Å². The zero-order valence-electron chi connectivity index (χ0n) is 26.9. The summed E-state index contributed by atoms with van der Waals surface area (Å²) in [5.74, 6) is -0.411. The molecule has 1 heterocycles. The molecule has 0 radical (unpaired) electrons. The third kappa shape index (κ3) is 8.63. The number of sulfonamides is 1. The number of halogens is 3. The van der Waals surface area contributed by atoms with Crippen LogP contribution >= 0.6 is 0 Å². The van der Waals surface area contributed by atoms with Crippen molar-refractivity contribution in [2.45, 2.75) is 74.5 Å². The van der Waals surface area contributed by atoms with Crippen molar-refractivity contribution in [2.24, 2.45) is 11.8 Å². The van der Waals surface area contributed by atoms with Gasteiger partial charge in [0.2, 0.25) is 10.0 Å². The summed E-state index contributed by atoms with van der Waals surface area (Å²) in [5.41, 5.74) is 0.948. The van der Waals surface area contributed by atoms with E-state index < -0.39 is 22.4 Å². The molecule has 2 bridgehead atoms. The van der Waals surface area contributed by atoms with Gasteiger partial charge in [-0.15, -0.1) is 13.2 Å². The molecule has 15 heteroatoms. The van der Waals surface area contributed by atoms with Crippen molar-refractivity contribution in [1.29, 1.82) is 0 Å². The Balaban J connectivity index is 1.10. The molecule has 1 N–H and O–H groups in total. The molecule has 1 aromatic heterocycles. The van der Waals surface area contributed by atoms with E-state index in [9.17, 15) is 26.4 Å². The molecule has 0 spiro atoms. The summed E-state index contributed by atoms with van der Waals surface area (Å²) in [6, 6.07) is 11.4. The van der Waals surface area contributed by atoms with Gasteiger partial charge in [-0.05, 0) is 74.6 Å². The monoisotopic (exact) mass is 708 g/mol. The minimum atomic E-state index is -4.87. The molecule has 0 amide bonds. The molecule has 3 aromatic rings. The second-order valence-electron chi connectivity index (χ2n) is 12.6. The van der Waals surface area contributed by atoms with Crippen LogP contribution in [0.15, 0.2) is 57.9 Å². The number of rotatable bonds is 16. The Labute approximate surface area is 282 Å². The fourth-order valence-electron chi connectivity index (χ4n) is 6.85. The molecule has 6 rings (SSSR count). The lowest BCUT2D eigenvalue weighted by atomic mass is 9.83. The summed E-state index contributed by atoms with van der Waals surface area (Å²) in [4.78, 5) is 12.7. The molecule has 3 saturated carbocycles. The van der Waals surface area contributed by atoms with E-state index in [1.54, 1.807) is 25.3 Å². The molecule has 0 saturated heterocycles. The molecule has 3 aliphatic carbocycles. The first-order valence-corrected chi connectivity index (χ1v) is 17.8. The van der Waals surface area contributed by atoms with E-state index in [1.807, 2.05) is 0 Å². The third-order valence-electron chi connectivity index (χ3n) is 9.23. The van der Waals surface area contributed by atoms with Crippen LogP contribution in [-0.2, 0) is 35.6 Å². The number of carbonyl (C=O) groups excluding carboxylic acids is 1. The van der Waals surface area contributed by atoms with E-state index in [0.717, 1.165) is 25.7 Å². The minimum absolute atomic E-state index is 0.00681. The molecule has 4 atom stereocenters. The first-order valence-electron chi connectivity index (χ1n) is 16.3. The van der Waals surface area contributed by atoms with Gasteiger partial charge < -0.3 is 28.2 Å². The highest BCUT2D eigenvalue weighted by molar-refractivity contribution is 7.89. The van der Waals surface area contributed by atoms with Crippen molar-refractivity contribution in [2.75, 3.05) is 33.5 Å². The van der Waals surface area contributed by atoms with Crippen LogP contribution in [0.4, 0.5) is 13.2 Å². The van der Waals surface area contributed by atoms with Crippen LogP contribution in [0.3, 0.4) is 0 Å². The fraction of sp³-hybridized carbons (Fsp3) is 0.529. The predicted molar refractivity (Wildman–Crippen MR) is 168 cm³/mol. The number of alkyl halides is 3. The molecular weight excluding hydrogens is 669 g/mol. The topological polar surface area (TPSA) is 135 Å². The fourth-order valence-corrected chi connectivity index (χ4v) is 8.41. The van der Waals surface area contributed by atoms with Gasteiger partial charge in [0.25, 0.3) is 0 Å². The number of para-hydroxylation sites is 1. The molecule has 49 heavy (non-hydrogen) atoms. The predicted octanol–water partition coefficient (Wildman–Crippen LogP) is 5.99. The van der Waals surface area contributed by atoms with Gasteiger partial charge in [-0.25, -0.2) is 17.9 Å². The first kappa shape index (κ1) is 35.3. The first-order chi connectivity index (χ1) is 23.5. The molecule has 2 aromatic carbocycles. The van der Waals surface area contributed by atoms with Crippen LogP contribution in [0.2, 0.25) is 0 Å². The Morgan fingerprint density at radius 3 is 2.37 bits per heavy atom. The molecule has 3 aliphatic rings. The number of ether oxygens (including phenoxy) is 5. The van der Waals surface area contributed by atoms with Crippen molar-refractivity contribution in [3.8, 4) is 17.0 Å². The summed E-state index contributed by atoms with van der Waals surface area (Å²) in [6.45, 7) is 0.942. The van der Waals surface area contributed by atoms with Gasteiger partial charge >= 0.3 is 12.3 Å². The second-order valence-corrected chi connectivity index (χ2v) is 14.3. The van der Waals surface area contributed by atoms with Crippen LogP contribution < -0.4 is 9.46 Å². The van der Waals surface area contributed by atoms with Crippen LogP contribution in [-0.4, -0.2) is 71.6 Å². The van der Waals surface area contributed by atoms with Gasteiger partial charge in [0, 0.05) is 30.2 Å². The number of nitrogens with one attached hydrogen (secondary N) is 1. The van der Waals surface area contributed by atoms with Gasteiger partial charge in [-0.3, -0.25) is 0 Å². The maximum absolute atomic E-state index is 13.7. The summed E-state index contributed by atoms with van der Waals surface area (Å²) in [5, 5.41) is 4.15.